The van der Waals surface area contributed by atoms with Gasteiger partial charge in [-0.3, -0.25) is 0 Å². The molecular formula is C15H15BrFN. The molecule has 1 N–H and O–H groups in total. The Hall–Kier alpha value is -1.19. The Morgan fingerprint density at radius 1 is 1.11 bits per heavy atom. The molecular weight excluding hydrogens is 293 g/mol. The van der Waals surface area contributed by atoms with Crippen LogP contribution in [-0.2, 0) is 6.54 Å². The Balaban J connectivity index is 1.98. The van der Waals surface area contributed by atoms with E-state index in [1.165, 1.54) is 17.7 Å². The molecule has 0 unspecified atom stereocenters. The van der Waals surface area contributed by atoms with E-state index >= 15 is 0 Å². The van der Waals surface area contributed by atoms with Crippen LogP contribution in [0.1, 0.15) is 24.1 Å². The summed E-state index contributed by atoms with van der Waals surface area (Å²) in [7, 11) is 0. The smallest absolute Gasteiger partial charge is 0.123 e. The highest BCUT2D eigenvalue weighted by molar-refractivity contribution is 9.10. The molecule has 0 amide bonds. The minimum absolute atomic E-state index is 0.192. The predicted octanol–water partition coefficient (Wildman–Crippen LogP) is 4.44. The van der Waals surface area contributed by atoms with Crippen LogP contribution in [0.25, 0.3) is 0 Å². The van der Waals surface area contributed by atoms with Crippen molar-refractivity contribution in [2.24, 2.45) is 0 Å². The third kappa shape index (κ3) is 3.40. The van der Waals surface area contributed by atoms with E-state index < -0.39 is 0 Å². The van der Waals surface area contributed by atoms with Crippen LogP contribution in [0.2, 0.25) is 0 Å². The van der Waals surface area contributed by atoms with Crippen molar-refractivity contribution < 1.29 is 4.39 Å². The van der Waals surface area contributed by atoms with Crippen LogP contribution in [0.4, 0.5) is 4.39 Å². The second-order valence-electron chi connectivity index (χ2n) is 4.25. The molecule has 0 radical (unpaired) electrons. The monoisotopic (exact) mass is 307 g/mol. The zero-order valence-corrected chi connectivity index (χ0v) is 11.7. The molecule has 0 bridgehead atoms. The Bertz CT molecular complexity index is 510. The summed E-state index contributed by atoms with van der Waals surface area (Å²) >= 11 is 3.52. The topological polar surface area (TPSA) is 12.0 Å². The second kappa shape index (κ2) is 6.12. The van der Waals surface area contributed by atoms with Gasteiger partial charge >= 0.3 is 0 Å². The number of halogens is 2. The molecule has 0 fully saturated rings. The lowest BCUT2D eigenvalue weighted by atomic mass is 10.1. The molecule has 0 aliphatic rings. The van der Waals surface area contributed by atoms with E-state index in [1.807, 2.05) is 30.3 Å². The lowest BCUT2D eigenvalue weighted by Crippen LogP contribution is -2.18. The van der Waals surface area contributed by atoms with Crippen LogP contribution >= 0.6 is 15.9 Å². The molecule has 0 aliphatic heterocycles. The van der Waals surface area contributed by atoms with Gasteiger partial charge in [0.25, 0.3) is 0 Å². The highest BCUT2D eigenvalue weighted by Gasteiger charge is 2.06. The van der Waals surface area contributed by atoms with E-state index in [0.29, 0.717) is 0 Å². The number of benzene rings is 2. The van der Waals surface area contributed by atoms with E-state index in [4.69, 9.17) is 0 Å². The Labute approximate surface area is 115 Å². The summed E-state index contributed by atoms with van der Waals surface area (Å²) in [6.45, 7) is 2.85. The third-order valence-corrected chi connectivity index (χ3v) is 3.70. The summed E-state index contributed by atoms with van der Waals surface area (Å²) in [5.74, 6) is -0.197. The molecule has 0 heterocycles. The molecule has 0 saturated heterocycles. The van der Waals surface area contributed by atoms with Gasteiger partial charge in [0.05, 0.1) is 0 Å². The molecule has 0 spiro atoms. The predicted molar refractivity (Wildman–Crippen MR) is 75.8 cm³/mol. The molecule has 1 nitrogen and oxygen atoms in total. The van der Waals surface area contributed by atoms with Gasteiger partial charge in [0.2, 0.25) is 0 Å². The molecule has 94 valence electrons. The molecule has 1 atom stereocenters. The highest BCUT2D eigenvalue weighted by Crippen LogP contribution is 2.18. The van der Waals surface area contributed by atoms with Crippen LogP contribution < -0.4 is 5.32 Å². The average Bonchev–Trinajstić information content (AvgIpc) is 2.38. The normalized spacial score (nSPS) is 12.4. The van der Waals surface area contributed by atoms with E-state index in [2.05, 4.69) is 34.2 Å². The lowest BCUT2D eigenvalue weighted by molar-refractivity contribution is 0.570. The Morgan fingerprint density at radius 2 is 1.78 bits per heavy atom. The van der Waals surface area contributed by atoms with E-state index in [0.717, 1.165) is 16.6 Å². The van der Waals surface area contributed by atoms with Crippen LogP contribution in [0, 0.1) is 5.82 Å². The summed E-state index contributed by atoms with van der Waals surface area (Å²) in [4.78, 5) is 0. The van der Waals surface area contributed by atoms with Crippen molar-refractivity contribution >= 4 is 15.9 Å². The van der Waals surface area contributed by atoms with E-state index in [-0.39, 0.29) is 11.9 Å². The first-order valence-electron chi connectivity index (χ1n) is 5.89. The highest BCUT2D eigenvalue weighted by atomic mass is 79.9. The van der Waals surface area contributed by atoms with Crippen LogP contribution in [0.15, 0.2) is 53.0 Å². The zero-order chi connectivity index (χ0) is 13.0. The summed E-state index contributed by atoms with van der Waals surface area (Å²) in [6, 6.07) is 14.9. The zero-order valence-electron chi connectivity index (χ0n) is 10.2. The van der Waals surface area contributed by atoms with Gasteiger partial charge in [-0.15, -0.1) is 0 Å². The van der Waals surface area contributed by atoms with Gasteiger partial charge in [-0.1, -0.05) is 46.3 Å². The number of nitrogens with one attached hydrogen (secondary N) is 1. The SMILES string of the molecule is C[C@@H](NCc1ccccc1Br)c1ccc(F)cc1. The van der Waals surface area contributed by atoms with Gasteiger partial charge in [-0.05, 0) is 36.2 Å². The van der Waals surface area contributed by atoms with Crippen molar-refractivity contribution in [2.45, 2.75) is 19.5 Å². The van der Waals surface area contributed by atoms with Gasteiger partial charge in [0.1, 0.15) is 5.82 Å². The minimum Gasteiger partial charge on any atom is -0.306 e. The summed E-state index contributed by atoms with van der Waals surface area (Å²) in [5.41, 5.74) is 2.30. The summed E-state index contributed by atoms with van der Waals surface area (Å²) in [6.07, 6.45) is 0. The largest absolute Gasteiger partial charge is 0.306 e. The van der Waals surface area contributed by atoms with Crippen molar-refractivity contribution in [3.63, 3.8) is 0 Å². The van der Waals surface area contributed by atoms with Crippen molar-refractivity contribution in [1.82, 2.24) is 5.32 Å². The molecule has 0 saturated carbocycles. The van der Waals surface area contributed by atoms with Gasteiger partial charge in [0.15, 0.2) is 0 Å². The molecule has 18 heavy (non-hydrogen) atoms. The fourth-order valence-corrected chi connectivity index (χ4v) is 2.20. The van der Waals surface area contributed by atoms with Gasteiger partial charge in [-0.25, -0.2) is 4.39 Å². The Kier molecular flexibility index (Phi) is 4.50. The van der Waals surface area contributed by atoms with Gasteiger partial charge in [0, 0.05) is 17.1 Å². The molecule has 0 aliphatic carbocycles. The second-order valence-corrected chi connectivity index (χ2v) is 5.10. The van der Waals surface area contributed by atoms with Crippen molar-refractivity contribution in [3.8, 4) is 0 Å². The number of rotatable bonds is 4. The summed E-state index contributed by atoms with van der Waals surface area (Å²) in [5, 5.41) is 3.42. The maximum Gasteiger partial charge on any atom is 0.123 e. The number of hydrogen-bond donors (Lipinski definition) is 1. The van der Waals surface area contributed by atoms with Crippen molar-refractivity contribution in [1.29, 1.82) is 0 Å². The maximum atomic E-state index is 12.8. The first-order valence-corrected chi connectivity index (χ1v) is 6.68. The van der Waals surface area contributed by atoms with Gasteiger partial charge < -0.3 is 5.32 Å². The fraction of sp³-hybridized carbons (Fsp3) is 0.200. The van der Waals surface area contributed by atoms with Crippen molar-refractivity contribution in [3.05, 3.63) is 69.9 Å². The van der Waals surface area contributed by atoms with Crippen LogP contribution in [0.3, 0.4) is 0 Å². The standard InChI is InChI=1S/C15H15BrFN/c1-11(12-6-8-14(17)9-7-12)18-10-13-4-2-3-5-15(13)16/h2-9,11,18H,10H2,1H3/t11-/m1/s1. The molecule has 2 rings (SSSR count). The molecule has 2 aromatic rings. The van der Waals surface area contributed by atoms with Crippen LogP contribution in [0.5, 0.6) is 0 Å². The summed E-state index contributed by atoms with van der Waals surface area (Å²) < 4.78 is 13.9. The maximum absolute atomic E-state index is 12.8. The first kappa shape index (κ1) is 13.2. The first-order chi connectivity index (χ1) is 8.66. The number of hydrogen-bond acceptors (Lipinski definition) is 1. The fourth-order valence-electron chi connectivity index (χ4n) is 1.77. The van der Waals surface area contributed by atoms with E-state index in [1.54, 1.807) is 0 Å². The van der Waals surface area contributed by atoms with Gasteiger partial charge in [-0.2, -0.15) is 0 Å². The molecule has 0 aromatic heterocycles. The Morgan fingerprint density at radius 3 is 2.44 bits per heavy atom. The molecule has 2 aromatic carbocycles. The average molecular weight is 308 g/mol. The minimum atomic E-state index is -0.197. The lowest BCUT2D eigenvalue weighted by Gasteiger charge is -2.15. The quantitative estimate of drug-likeness (QED) is 0.880. The van der Waals surface area contributed by atoms with E-state index in [9.17, 15) is 4.39 Å². The van der Waals surface area contributed by atoms with Crippen molar-refractivity contribution in [2.75, 3.05) is 0 Å². The molecule has 3 heteroatoms. The third-order valence-electron chi connectivity index (χ3n) is 2.93. The van der Waals surface area contributed by atoms with Crippen LogP contribution in [-0.4, -0.2) is 0 Å².